The third kappa shape index (κ3) is 4.30. The summed E-state index contributed by atoms with van der Waals surface area (Å²) in [7, 11) is -4.39. The average molecular weight is 385 g/mol. The highest BCUT2D eigenvalue weighted by Crippen LogP contribution is 2.26. The largest absolute Gasteiger partial charge is 0.320 e. The van der Waals surface area contributed by atoms with Gasteiger partial charge in [-0.1, -0.05) is 27.5 Å². The van der Waals surface area contributed by atoms with Gasteiger partial charge in [-0.3, -0.25) is 0 Å². The number of nitrogens with one attached hydrogen (secondary N) is 1. The molecule has 0 saturated carbocycles. The van der Waals surface area contributed by atoms with Crippen LogP contribution in [0.1, 0.15) is 0 Å². The molecule has 0 amide bonds. The van der Waals surface area contributed by atoms with Gasteiger partial charge in [0.2, 0.25) is 10.0 Å². The molecule has 0 aromatic heterocycles. The second kappa shape index (κ2) is 5.94. The van der Waals surface area contributed by atoms with Crippen LogP contribution in [-0.2, 0) is 10.0 Å². The molecule has 19 heavy (non-hydrogen) atoms. The third-order valence-electron chi connectivity index (χ3n) is 2.00. The summed E-state index contributed by atoms with van der Waals surface area (Å²) in [6, 6.07) is 3.63. The van der Waals surface area contributed by atoms with Gasteiger partial charge in [0.05, 0.1) is 11.6 Å². The Balaban J connectivity index is 2.94. The van der Waals surface area contributed by atoms with E-state index in [4.69, 9.17) is 11.6 Å². The average Bonchev–Trinajstić information content (AvgIpc) is 2.26. The van der Waals surface area contributed by atoms with Crippen LogP contribution in [0.5, 0.6) is 0 Å². The molecule has 0 fully saturated rings. The SMILES string of the molecule is O=S(=O)(NCC(F)(F)C(F)F)c1ccc(Br)cc1Cl. The zero-order valence-corrected chi connectivity index (χ0v) is 12.2. The Bertz CT molecular complexity index is 567. The lowest BCUT2D eigenvalue weighted by atomic mass is 10.4. The number of halogens is 6. The van der Waals surface area contributed by atoms with Gasteiger partial charge in [-0.2, -0.15) is 8.78 Å². The summed E-state index contributed by atoms with van der Waals surface area (Å²) in [6.07, 6.45) is -3.96. The van der Waals surface area contributed by atoms with Gasteiger partial charge in [-0.05, 0) is 18.2 Å². The molecule has 1 N–H and O–H groups in total. The molecule has 1 aromatic rings. The molecule has 10 heteroatoms. The number of sulfonamides is 1. The van der Waals surface area contributed by atoms with E-state index in [0.717, 1.165) is 6.07 Å². The van der Waals surface area contributed by atoms with Crippen molar-refractivity contribution in [2.45, 2.75) is 17.2 Å². The summed E-state index contributed by atoms with van der Waals surface area (Å²) in [5, 5.41) is -0.220. The number of rotatable bonds is 5. The summed E-state index contributed by atoms with van der Waals surface area (Å²) in [5.41, 5.74) is 0. The molecule has 3 nitrogen and oxygen atoms in total. The summed E-state index contributed by atoms with van der Waals surface area (Å²) < 4.78 is 74.3. The van der Waals surface area contributed by atoms with Gasteiger partial charge in [0.25, 0.3) is 0 Å². The molecule has 1 rings (SSSR count). The predicted molar refractivity (Wildman–Crippen MR) is 65.3 cm³/mol. The van der Waals surface area contributed by atoms with Crippen LogP contribution in [0.4, 0.5) is 17.6 Å². The monoisotopic (exact) mass is 383 g/mol. The van der Waals surface area contributed by atoms with Gasteiger partial charge in [0.15, 0.2) is 0 Å². The molecule has 108 valence electrons. The lowest BCUT2D eigenvalue weighted by molar-refractivity contribution is -0.122. The molecule has 0 aliphatic rings. The minimum atomic E-state index is -4.45. The van der Waals surface area contributed by atoms with Gasteiger partial charge >= 0.3 is 12.3 Å². The van der Waals surface area contributed by atoms with Crippen LogP contribution in [0.15, 0.2) is 27.6 Å². The number of hydrogen-bond donors (Lipinski definition) is 1. The van der Waals surface area contributed by atoms with Crippen molar-refractivity contribution in [1.29, 1.82) is 0 Å². The maximum atomic E-state index is 12.6. The van der Waals surface area contributed by atoms with Crippen LogP contribution < -0.4 is 4.72 Å². The molecule has 0 radical (unpaired) electrons. The number of benzene rings is 1. The van der Waals surface area contributed by atoms with Gasteiger partial charge in [0, 0.05) is 4.47 Å². The zero-order valence-electron chi connectivity index (χ0n) is 9.01. The first-order valence-electron chi connectivity index (χ1n) is 4.67. The van der Waals surface area contributed by atoms with Crippen LogP contribution in [0.25, 0.3) is 0 Å². The van der Waals surface area contributed by atoms with Crippen LogP contribution in [0.2, 0.25) is 5.02 Å². The minimum absolute atomic E-state index is 0.220. The molecule has 0 bridgehead atoms. The van der Waals surface area contributed by atoms with Crippen LogP contribution in [-0.4, -0.2) is 27.3 Å². The summed E-state index contributed by atoms with van der Waals surface area (Å²) >= 11 is 8.68. The second-order valence-electron chi connectivity index (χ2n) is 3.46. The van der Waals surface area contributed by atoms with Crippen molar-refractivity contribution in [1.82, 2.24) is 4.72 Å². The van der Waals surface area contributed by atoms with E-state index in [9.17, 15) is 26.0 Å². The predicted octanol–water partition coefficient (Wildman–Crippen LogP) is 3.28. The molecule has 0 heterocycles. The molecule has 0 aliphatic heterocycles. The van der Waals surface area contributed by atoms with Gasteiger partial charge in [-0.15, -0.1) is 0 Å². The Morgan fingerprint density at radius 2 is 1.95 bits per heavy atom. The minimum Gasteiger partial charge on any atom is -0.207 e. The Labute approximate surface area is 120 Å². The fourth-order valence-corrected chi connectivity index (χ4v) is 3.12. The van der Waals surface area contributed by atoms with Gasteiger partial charge < -0.3 is 0 Å². The Hall–Kier alpha value is -0.380. The lowest BCUT2D eigenvalue weighted by Crippen LogP contribution is -2.41. The Morgan fingerprint density at radius 3 is 2.42 bits per heavy atom. The van der Waals surface area contributed by atoms with Crippen molar-refractivity contribution in [3.63, 3.8) is 0 Å². The van der Waals surface area contributed by atoms with E-state index in [-0.39, 0.29) is 5.02 Å². The third-order valence-corrected chi connectivity index (χ3v) is 4.38. The lowest BCUT2D eigenvalue weighted by Gasteiger charge is -2.16. The highest BCUT2D eigenvalue weighted by molar-refractivity contribution is 9.10. The molecule has 0 spiro atoms. The Kier molecular flexibility index (Phi) is 5.21. The molecule has 1 aromatic carbocycles. The van der Waals surface area contributed by atoms with E-state index < -0.39 is 33.8 Å². The Morgan fingerprint density at radius 1 is 1.37 bits per heavy atom. The van der Waals surface area contributed by atoms with E-state index in [1.807, 2.05) is 0 Å². The van der Waals surface area contributed by atoms with Crippen LogP contribution in [0, 0.1) is 0 Å². The number of hydrogen-bond acceptors (Lipinski definition) is 2. The topological polar surface area (TPSA) is 46.2 Å². The van der Waals surface area contributed by atoms with Gasteiger partial charge in [-0.25, -0.2) is 21.9 Å². The first-order chi connectivity index (χ1) is 8.56. The summed E-state index contributed by atoms with van der Waals surface area (Å²) in [5.74, 6) is -4.45. The molecular formula is C9H7BrClF4NO2S. The quantitative estimate of drug-likeness (QED) is 0.792. The van der Waals surface area contributed by atoms with Crippen LogP contribution in [0.3, 0.4) is 0 Å². The van der Waals surface area contributed by atoms with E-state index >= 15 is 0 Å². The summed E-state index contributed by atoms with van der Waals surface area (Å²) in [6.45, 7) is -1.71. The van der Waals surface area contributed by atoms with E-state index in [0.29, 0.717) is 4.47 Å². The molecule has 0 saturated heterocycles. The van der Waals surface area contributed by atoms with Crippen LogP contribution >= 0.6 is 27.5 Å². The molecule has 0 unspecified atom stereocenters. The fraction of sp³-hybridized carbons (Fsp3) is 0.333. The molecule has 0 atom stereocenters. The van der Waals surface area contributed by atoms with Crippen molar-refractivity contribution in [3.8, 4) is 0 Å². The molecular weight excluding hydrogens is 378 g/mol. The highest BCUT2D eigenvalue weighted by Gasteiger charge is 2.41. The second-order valence-corrected chi connectivity index (χ2v) is 6.52. The first kappa shape index (κ1) is 16.7. The zero-order chi connectivity index (χ0) is 14.8. The number of alkyl halides is 4. The van der Waals surface area contributed by atoms with E-state index in [2.05, 4.69) is 15.9 Å². The first-order valence-corrected chi connectivity index (χ1v) is 7.32. The smallest absolute Gasteiger partial charge is 0.207 e. The normalized spacial score (nSPS) is 13.0. The van der Waals surface area contributed by atoms with E-state index in [1.54, 1.807) is 0 Å². The fourth-order valence-electron chi connectivity index (χ4n) is 1.04. The summed E-state index contributed by atoms with van der Waals surface area (Å²) in [4.78, 5) is -0.470. The van der Waals surface area contributed by atoms with Crippen molar-refractivity contribution in [2.24, 2.45) is 0 Å². The molecule has 0 aliphatic carbocycles. The van der Waals surface area contributed by atoms with Gasteiger partial charge in [0.1, 0.15) is 4.90 Å². The van der Waals surface area contributed by atoms with Crippen molar-refractivity contribution in [3.05, 3.63) is 27.7 Å². The van der Waals surface area contributed by atoms with Crippen molar-refractivity contribution >= 4 is 37.6 Å². The maximum absolute atomic E-state index is 12.6. The highest BCUT2D eigenvalue weighted by atomic mass is 79.9. The standard InChI is InChI=1S/C9H7BrClF4NO2S/c10-5-1-2-7(6(11)3-5)19(17,18)16-4-9(14,15)8(12)13/h1-3,8,16H,4H2. The van der Waals surface area contributed by atoms with Crippen molar-refractivity contribution < 1.29 is 26.0 Å². The van der Waals surface area contributed by atoms with E-state index in [1.165, 1.54) is 16.9 Å². The maximum Gasteiger partial charge on any atom is 0.320 e. The van der Waals surface area contributed by atoms with Crippen molar-refractivity contribution in [2.75, 3.05) is 6.54 Å².